The number of hydrogen-bond donors (Lipinski definition) is 0. The van der Waals surface area contributed by atoms with Gasteiger partial charge in [-0.2, -0.15) is 0 Å². The molecule has 5 heteroatoms. The van der Waals surface area contributed by atoms with Crippen molar-refractivity contribution >= 4 is 29.1 Å². The number of imide groups is 1. The number of benzene rings is 2. The maximum Gasteiger partial charge on any atom is 0.237 e. The average Bonchev–Trinajstić information content (AvgIpc) is 2.98. The van der Waals surface area contributed by atoms with E-state index in [1.54, 1.807) is 24.5 Å². The van der Waals surface area contributed by atoms with E-state index in [1.165, 1.54) is 4.90 Å². The summed E-state index contributed by atoms with van der Waals surface area (Å²) in [7, 11) is 0. The molecule has 2 heterocycles. The zero-order chi connectivity index (χ0) is 18.8. The summed E-state index contributed by atoms with van der Waals surface area (Å²) >= 11 is 5.91. The molecule has 1 aromatic heterocycles. The van der Waals surface area contributed by atoms with Gasteiger partial charge in [-0.1, -0.05) is 35.9 Å². The van der Waals surface area contributed by atoms with Gasteiger partial charge in [-0.15, -0.1) is 0 Å². The Hall–Kier alpha value is -2.98. The van der Waals surface area contributed by atoms with E-state index < -0.39 is 0 Å². The van der Waals surface area contributed by atoms with Gasteiger partial charge in [0.2, 0.25) is 11.8 Å². The van der Waals surface area contributed by atoms with Gasteiger partial charge in [0.05, 0.1) is 11.6 Å². The molecule has 4 nitrogen and oxygen atoms in total. The van der Waals surface area contributed by atoms with E-state index in [0.717, 1.165) is 16.7 Å². The zero-order valence-electron chi connectivity index (χ0n) is 14.5. The van der Waals surface area contributed by atoms with E-state index in [2.05, 4.69) is 4.98 Å². The summed E-state index contributed by atoms with van der Waals surface area (Å²) in [5.41, 5.74) is 3.66. The van der Waals surface area contributed by atoms with Crippen LogP contribution in [0.25, 0.3) is 11.1 Å². The van der Waals surface area contributed by atoms with Gasteiger partial charge < -0.3 is 0 Å². The van der Waals surface area contributed by atoms with Crippen molar-refractivity contribution in [3.63, 3.8) is 0 Å². The minimum Gasteiger partial charge on any atom is -0.274 e. The van der Waals surface area contributed by atoms with Crippen LogP contribution < -0.4 is 4.90 Å². The summed E-state index contributed by atoms with van der Waals surface area (Å²) < 4.78 is 0. The third-order valence-corrected chi connectivity index (χ3v) is 5.03. The second kappa shape index (κ2) is 7.33. The Labute approximate surface area is 162 Å². The molecule has 0 radical (unpaired) electrons. The number of carbonyl (C=O) groups is 2. The first-order valence-corrected chi connectivity index (χ1v) is 9.11. The van der Waals surface area contributed by atoms with Gasteiger partial charge in [0.25, 0.3) is 0 Å². The molecule has 1 fully saturated rings. The van der Waals surface area contributed by atoms with Crippen molar-refractivity contribution in [2.24, 2.45) is 5.92 Å². The normalized spacial score (nSPS) is 16.8. The average molecular weight is 377 g/mol. The minimum absolute atomic E-state index is 0.147. The van der Waals surface area contributed by atoms with E-state index in [0.29, 0.717) is 17.1 Å². The van der Waals surface area contributed by atoms with Crippen LogP contribution in [-0.4, -0.2) is 16.8 Å². The van der Waals surface area contributed by atoms with Crippen LogP contribution in [0.15, 0.2) is 73.1 Å². The molecule has 0 spiro atoms. The van der Waals surface area contributed by atoms with Gasteiger partial charge >= 0.3 is 0 Å². The summed E-state index contributed by atoms with van der Waals surface area (Å²) in [5.74, 6) is -0.638. The molecule has 27 heavy (non-hydrogen) atoms. The Morgan fingerprint density at radius 1 is 0.889 bits per heavy atom. The topological polar surface area (TPSA) is 50.3 Å². The third-order valence-electron chi connectivity index (χ3n) is 4.77. The fourth-order valence-electron chi connectivity index (χ4n) is 3.38. The van der Waals surface area contributed by atoms with Crippen molar-refractivity contribution in [2.45, 2.75) is 12.8 Å². The fraction of sp³-hybridized carbons (Fsp3) is 0.136. The standard InChI is InChI=1S/C22H17ClN2O2/c23-19-5-1-15(2-6-19)13-18-14-21(26)25(22(18)27)20-7-3-16(4-8-20)17-9-11-24-12-10-17/h1-12,18H,13-14H2. The van der Waals surface area contributed by atoms with Crippen LogP contribution in [0.5, 0.6) is 0 Å². The zero-order valence-corrected chi connectivity index (χ0v) is 15.3. The highest BCUT2D eigenvalue weighted by Gasteiger charge is 2.39. The highest BCUT2D eigenvalue weighted by atomic mass is 35.5. The van der Waals surface area contributed by atoms with Crippen molar-refractivity contribution in [3.8, 4) is 11.1 Å². The van der Waals surface area contributed by atoms with Crippen molar-refractivity contribution in [2.75, 3.05) is 4.90 Å². The van der Waals surface area contributed by atoms with Crippen LogP contribution in [0.4, 0.5) is 5.69 Å². The lowest BCUT2D eigenvalue weighted by Crippen LogP contribution is -2.30. The Bertz CT molecular complexity index is 969. The lowest BCUT2D eigenvalue weighted by Gasteiger charge is -2.16. The molecule has 2 aromatic carbocycles. The number of halogens is 1. The predicted octanol–water partition coefficient (Wildman–Crippen LogP) is 4.52. The number of hydrogen-bond acceptors (Lipinski definition) is 3. The molecule has 0 N–H and O–H groups in total. The number of pyridine rings is 1. The van der Waals surface area contributed by atoms with Gasteiger partial charge in [-0.25, -0.2) is 0 Å². The number of nitrogens with zero attached hydrogens (tertiary/aromatic N) is 2. The molecule has 0 saturated carbocycles. The van der Waals surface area contributed by atoms with E-state index in [4.69, 9.17) is 11.6 Å². The van der Waals surface area contributed by atoms with E-state index in [1.807, 2.05) is 48.5 Å². The van der Waals surface area contributed by atoms with Gasteiger partial charge in [-0.3, -0.25) is 19.5 Å². The molecule has 0 bridgehead atoms. The lowest BCUT2D eigenvalue weighted by atomic mass is 9.98. The first-order valence-electron chi connectivity index (χ1n) is 8.73. The molecule has 1 aliphatic heterocycles. The quantitative estimate of drug-likeness (QED) is 0.629. The molecule has 1 unspecified atom stereocenters. The maximum atomic E-state index is 12.8. The fourth-order valence-corrected chi connectivity index (χ4v) is 3.50. The lowest BCUT2D eigenvalue weighted by molar-refractivity contribution is -0.122. The largest absolute Gasteiger partial charge is 0.274 e. The molecule has 1 aliphatic rings. The van der Waals surface area contributed by atoms with E-state index >= 15 is 0 Å². The maximum absolute atomic E-state index is 12.8. The number of anilines is 1. The molecular formula is C22H17ClN2O2. The van der Waals surface area contributed by atoms with Crippen LogP contribution in [-0.2, 0) is 16.0 Å². The first kappa shape index (κ1) is 17.4. The summed E-state index contributed by atoms with van der Waals surface area (Å²) in [4.78, 5) is 30.6. The van der Waals surface area contributed by atoms with Crippen LogP contribution >= 0.6 is 11.6 Å². The highest BCUT2D eigenvalue weighted by molar-refractivity contribution is 6.30. The second-order valence-electron chi connectivity index (χ2n) is 6.58. The summed E-state index contributed by atoms with van der Waals surface area (Å²) in [5, 5.41) is 0.656. The van der Waals surface area contributed by atoms with Crippen molar-refractivity contribution in [1.29, 1.82) is 0 Å². The highest BCUT2D eigenvalue weighted by Crippen LogP contribution is 2.30. The first-order chi connectivity index (χ1) is 13.1. The monoisotopic (exact) mass is 376 g/mol. The Balaban J connectivity index is 1.52. The molecule has 3 aromatic rings. The molecular weight excluding hydrogens is 360 g/mol. The Morgan fingerprint density at radius 3 is 2.19 bits per heavy atom. The molecule has 134 valence electrons. The molecule has 0 aliphatic carbocycles. The van der Waals surface area contributed by atoms with Crippen LogP contribution in [0.3, 0.4) is 0 Å². The molecule has 2 amide bonds. The molecule has 4 rings (SSSR count). The van der Waals surface area contributed by atoms with Crippen LogP contribution in [0, 0.1) is 5.92 Å². The summed E-state index contributed by atoms with van der Waals surface area (Å²) in [6.45, 7) is 0. The van der Waals surface area contributed by atoms with Crippen molar-refractivity contribution in [3.05, 3.63) is 83.6 Å². The second-order valence-corrected chi connectivity index (χ2v) is 7.02. The predicted molar refractivity (Wildman–Crippen MR) is 105 cm³/mol. The Kier molecular flexibility index (Phi) is 4.73. The number of amides is 2. The molecule has 1 atom stereocenters. The number of carbonyl (C=O) groups excluding carboxylic acids is 2. The number of aromatic nitrogens is 1. The number of rotatable bonds is 4. The van der Waals surface area contributed by atoms with E-state index in [-0.39, 0.29) is 24.2 Å². The minimum atomic E-state index is -0.335. The van der Waals surface area contributed by atoms with Gasteiger partial charge in [0.15, 0.2) is 0 Å². The van der Waals surface area contributed by atoms with Gasteiger partial charge in [0.1, 0.15) is 0 Å². The summed E-state index contributed by atoms with van der Waals surface area (Å²) in [6, 6.07) is 18.7. The molecule has 1 saturated heterocycles. The summed E-state index contributed by atoms with van der Waals surface area (Å²) in [6.07, 6.45) is 4.23. The Morgan fingerprint density at radius 2 is 1.52 bits per heavy atom. The van der Waals surface area contributed by atoms with Crippen molar-refractivity contribution in [1.82, 2.24) is 4.98 Å². The SMILES string of the molecule is O=C1CC(Cc2ccc(Cl)cc2)C(=O)N1c1ccc(-c2ccncc2)cc1. The van der Waals surface area contributed by atoms with Gasteiger partial charge in [0, 0.05) is 23.8 Å². The van der Waals surface area contributed by atoms with E-state index in [9.17, 15) is 9.59 Å². The van der Waals surface area contributed by atoms with Crippen LogP contribution in [0.1, 0.15) is 12.0 Å². The third kappa shape index (κ3) is 3.62. The smallest absolute Gasteiger partial charge is 0.237 e. The van der Waals surface area contributed by atoms with Crippen LogP contribution in [0.2, 0.25) is 5.02 Å². The van der Waals surface area contributed by atoms with Crippen molar-refractivity contribution < 1.29 is 9.59 Å². The van der Waals surface area contributed by atoms with Gasteiger partial charge in [-0.05, 0) is 59.5 Å².